The first-order chi connectivity index (χ1) is 13.5. The Morgan fingerprint density at radius 3 is 2.64 bits per heavy atom. The van der Waals surface area contributed by atoms with Crippen LogP contribution in [0.25, 0.3) is 11.0 Å². The average Bonchev–Trinajstić information content (AvgIpc) is 2.70. The van der Waals surface area contributed by atoms with E-state index in [0.29, 0.717) is 28.2 Å². The number of ether oxygens (including phenoxy) is 4. The Morgan fingerprint density at radius 1 is 1.11 bits per heavy atom. The molecule has 3 aromatic rings. The minimum atomic E-state index is -0.778. The van der Waals surface area contributed by atoms with Crippen molar-refractivity contribution in [2.75, 3.05) is 13.7 Å². The van der Waals surface area contributed by atoms with Crippen LogP contribution < -0.4 is 19.6 Å². The number of carbonyl (C=O) groups excluding carboxylic acids is 1. The zero-order valence-electron chi connectivity index (χ0n) is 15.8. The Hall–Kier alpha value is -3.48. The molecule has 0 bridgehead atoms. The van der Waals surface area contributed by atoms with Crippen molar-refractivity contribution in [3.8, 4) is 23.0 Å². The molecule has 0 aliphatic carbocycles. The van der Waals surface area contributed by atoms with Crippen molar-refractivity contribution < 1.29 is 28.2 Å². The quantitative estimate of drug-likeness (QED) is 0.571. The number of carbonyl (C=O) groups is 1. The molecule has 7 nitrogen and oxygen atoms in total. The summed E-state index contributed by atoms with van der Waals surface area (Å²) in [4.78, 5) is 24.4. The molecule has 1 atom stereocenters. The molecule has 1 heterocycles. The van der Waals surface area contributed by atoms with Crippen LogP contribution in [0.4, 0.5) is 0 Å². The summed E-state index contributed by atoms with van der Waals surface area (Å²) in [6, 6.07) is 11.6. The molecule has 1 aromatic heterocycles. The number of fused-ring (bicyclic) bond motifs is 1. The average molecular weight is 384 g/mol. The fraction of sp³-hybridized carbons (Fsp3) is 0.238. The molecule has 3 rings (SSSR count). The SMILES string of the molecule is CCOC(=O)[C@H](C)Oc1ccc2c(=O)c(Oc3cccc(OC)c3)coc2c1. The molecule has 28 heavy (non-hydrogen) atoms. The lowest BCUT2D eigenvalue weighted by Gasteiger charge is -2.13. The minimum absolute atomic E-state index is 0.0503. The maximum absolute atomic E-state index is 12.7. The molecule has 0 N–H and O–H groups in total. The summed E-state index contributed by atoms with van der Waals surface area (Å²) in [5, 5.41) is 0.330. The van der Waals surface area contributed by atoms with E-state index in [1.165, 1.54) is 6.26 Å². The summed E-state index contributed by atoms with van der Waals surface area (Å²) in [6.45, 7) is 3.58. The number of hydrogen-bond donors (Lipinski definition) is 0. The van der Waals surface area contributed by atoms with Gasteiger partial charge in [-0.05, 0) is 38.1 Å². The van der Waals surface area contributed by atoms with Gasteiger partial charge in [-0.2, -0.15) is 0 Å². The van der Waals surface area contributed by atoms with Crippen molar-refractivity contribution >= 4 is 16.9 Å². The van der Waals surface area contributed by atoms with Gasteiger partial charge in [0, 0.05) is 12.1 Å². The topological polar surface area (TPSA) is 84.2 Å². The Morgan fingerprint density at radius 2 is 1.89 bits per heavy atom. The van der Waals surface area contributed by atoms with Crippen LogP contribution in [-0.2, 0) is 9.53 Å². The second kappa shape index (κ2) is 8.47. The Bertz CT molecular complexity index is 1040. The lowest BCUT2D eigenvalue weighted by molar-refractivity contribution is -0.150. The van der Waals surface area contributed by atoms with Crippen molar-refractivity contribution in [2.45, 2.75) is 20.0 Å². The van der Waals surface area contributed by atoms with Crippen LogP contribution in [0.3, 0.4) is 0 Å². The maximum atomic E-state index is 12.7. The number of esters is 1. The Labute approximate surface area is 161 Å². The molecule has 0 unspecified atom stereocenters. The first-order valence-corrected chi connectivity index (χ1v) is 8.72. The van der Waals surface area contributed by atoms with Crippen molar-refractivity contribution in [3.63, 3.8) is 0 Å². The Kier molecular flexibility index (Phi) is 5.84. The van der Waals surface area contributed by atoms with Crippen LogP contribution in [0.15, 0.2) is 57.9 Å². The van der Waals surface area contributed by atoms with Crippen LogP contribution in [0.5, 0.6) is 23.0 Å². The highest BCUT2D eigenvalue weighted by Gasteiger charge is 2.17. The van der Waals surface area contributed by atoms with Crippen LogP contribution in [0, 0.1) is 0 Å². The van der Waals surface area contributed by atoms with Crippen LogP contribution in [0.2, 0.25) is 0 Å². The Balaban J connectivity index is 1.84. The van der Waals surface area contributed by atoms with Gasteiger partial charge in [0.05, 0.1) is 19.1 Å². The second-order valence-corrected chi connectivity index (χ2v) is 5.88. The molecule has 0 radical (unpaired) electrons. The molecule has 146 valence electrons. The number of benzene rings is 2. The highest BCUT2D eigenvalue weighted by atomic mass is 16.6. The van der Waals surface area contributed by atoms with Crippen LogP contribution >= 0.6 is 0 Å². The highest BCUT2D eigenvalue weighted by Crippen LogP contribution is 2.26. The lowest BCUT2D eigenvalue weighted by atomic mass is 10.2. The summed E-state index contributed by atoms with van der Waals surface area (Å²) in [6.07, 6.45) is 0.461. The van der Waals surface area contributed by atoms with Gasteiger partial charge in [0.1, 0.15) is 29.1 Å². The predicted molar refractivity (Wildman–Crippen MR) is 102 cm³/mol. The number of rotatable bonds is 7. The zero-order valence-corrected chi connectivity index (χ0v) is 15.8. The molecule has 0 saturated heterocycles. The number of hydrogen-bond acceptors (Lipinski definition) is 7. The van der Waals surface area contributed by atoms with Crippen molar-refractivity contribution in [1.29, 1.82) is 0 Å². The van der Waals surface area contributed by atoms with E-state index in [1.54, 1.807) is 63.4 Å². The third kappa shape index (κ3) is 4.25. The van der Waals surface area contributed by atoms with Crippen molar-refractivity contribution in [2.24, 2.45) is 0 Å². The van der Waals surface area contributed by atoms with Gasteiger partial charge in [-0.25, -0.2) is 4.79 Å². The smallest absolute Gasteiger partial charge is 0.347 e. The van der Waals surface area contributed by atoms with E-state index >= 15 is 0 Å². The molecule has 0 spiro atoms. The third-order valence-corrected chi connectivity index (χ3v) is 3.91. The molecule has 2 aromatic carbocycles. The normalized spacial score (nSPS) is 11.7. The maximum Gasteiger partial charge on any atom is 0.347 e. The zero-order chi connectivity index (χ0) is 20.1. The molecule has 7 heteroatoms. The molecule has 0 aliphatic rings. The summed E-state index contributed by atoms with van der Waals surface area (Å²) in [7, 11) is 1.55. The summed E-state index contributed by atoms with van der Waals surface area (Å²) in [5.74, 6) is 1.03. The van der Waals surface area contributed by atoms with Gasteiger partial charge in [-0.3, -0.25) is 4.79 Å². The fourth-order valence-electron chi connectivity index (χ4n) is 2.54. The van der Waals surface area contributed by atoms with Crippen molar-refractivity contribution in [1.82, 2.24) is 0 Å². The molecule has 0 aliphatic heterocycles. The molecule has 0 amide bonds. The van der Waals surface area contributed by atoms with Gasteiger partial charge in [-0.15, -0.1) is 0 Å². The van der Waals surface area contributed by atoms with Gasteiger partial charge in [0.2, 0.25) is 11.2 Å². The van der Waals surface area contributed by atoms with Gasteiger partial charge in [0.15, 0.2) is 6.10 Å². The van der Waals surface area contributed by atoms with E-state index in [2.05, 4.69) is 0 Å². The summed E-state index contributed by atoms with van der Waals surface area (Å²) >= 11 is 0. The lowest BCUT2D eigenvalue weighted by Crippen LogP contribution is -2.26. The summed E-state index contributed by atoms with van der Waals surface area (Å²) < 4.78 is 26.8. The van der Waals surface area contributed by atoms with Gasteiger partial charge in [0.25, 0.3) is 0 Å². The highest BCUT2D eigenvalue weighted by molar-refractivity contribution is 5.79. The monoisotopic (exact) mass is 384 g/mol. The van der Waals surface area contributed by atoms with E-state index in [1.807, 2.05) is 0 Å². The number of methoxy groups -OCH3 is 1. The second-order valence-electron chi connectivity index (χ2n) is 5.88. The van der Waals surface area contributed by atoms with Crippen LogP contribution in [-0.4, -0.2) is 25.8 Å². The molecule has 0 fully saturated rings. The largest absolute Gasteiger partial charge is 0.497 e. The van der Waals surface area contributed by atoms with Gasteiger partial charge >= 0.3 is 5.97 Å². The first-order valence-electron chi connectivity index (χ1n) is 8.72. The predicted octanol–water partition coefficient (Wildman–Crippen LogP) is 3.92. The standard InChI is InChI=1S/C21H20O7/c1-4-25-21(23)13(2)27-16-8-9-17-18(11-16)26-12-19(20(17)22)28-15-7-5-6-14(10-15)24-3/h5-13H,4H2,1-3H3/t13-/m0/s1. The fourth-order valence-corrected chi connectivity index (χ4v) is 2.54. The van der Waals surface area contributed by atoms with E-state index < -0.39 is 12.1 Å². The summed E-state index contributed by atoms with van der Waals surface area (Å²) in [5.41, 5.74) is -0.00869. The van der Waals surface area contributed by atoms with E-state index in [9.17, 15) is 9.59 Å². The van der Waals surface area contributed by atoms with E-state index in [4.69, 9.17) is 23.4 Å². The van der Waals surface area contributed by atoms with Gasteiger partial charge < -0.3 is 23.4 Å². The van der Waals surface area contributed by atoms with Crippen molar-refractivity contribution in [3.05, 3.63) is 59.0 Å². The third-order valence-electron chi connectivity index (χ3n) is 3.91. The van der Waals surface area contributed by atoms with Crippen LogP contribution in [0.1, 0.15) is 13.8 Å². The van der Waals surface area contributed by atoms with E-state index in [-0.39, 0.29) is 17.8 Å². The molecule has 0 saturated carbocycles. The molecular weight excluding hydrogens is 364 g/mol. The first kappa shape index (κ1) is 19.3. The minimum Gasteiger partial charge on any atom is -0.497 e. The molecular formula is C21H20O7. The van der Waals surface area contributed by atoms with Gasteiger partial charge in [-0.1, -0.05) is 6.07 Å². The van der Waals surface area contributed by atoms with E-state index in [0.717, 1.165) is 0 Å².